The first-order valence-corrected chi connectivity index (χ1v) is 6.46. The molecule has 0 N–H and O–H groups in total. The molecule has 0 bridgehead atoms. The third-order valence-corrected chi connectivity index (χ3v) is 4.25. The Kier molecular flexibility index (Phi) is 2.79. The molecule has 3 aliphatic rings. The molecule has 0 radical (unpaired) electrons. The van der Waals surface area contributed by atoms with Crippen molar-refractivity contribution in [3.63, 3.8) is 0 Å². The lowest BCUT2D eigenvalue weighted by Gasteiger charge is -2.36. The van der Waals surface area contributed by atoms with Crippen molar-refractivity contribution in [1.82, 2.24) is 4.90 Å². The average Bonchev–Trinajstić information content (AvgIpc) is 2.61. The number of methoxy groups -OCH3 is 1. The predicted molar refractivity (Wildman–Crippen MR) is 65.4 cm³/mol. The summed E-state index contributed by atoms with van der Waals surface area (Å²) >= 11 is 0. The zero-order valence-corrected chi connectivity index (χ0v) is 10.3. The van der Waals surface area contributed by atoms with Crippen molar-refractivity contribution in [2.75, 3.05) is 20.2 Å². The van der Waals surface area contributed by atoms with E-state index in [1.807, 2.05) is 17.1 Å². The highest BCUT2D eigenvalue weighted by atomic mass is 16.5. The van der Waals surface area contributed by atoms with Gasteiger partial charge in [0.2, 0.25) is 5.91 Å². The Bertz CT molecular complexity index is 380. The number of rotatable bonds is 3. The van der Waals surface area contributed by atoms with E-state index in [-0.39, 0.29) is 5.91 Å². The SMILES string of the molecule is COC1CC(CN2CC3CC=CC=C3C2=O)C1. The Morgan fingerprint density at radius 2 is 2.29 bits per heavy atom. The lowest BCUT2D eigenvalue weighted by atomic mass is 9.82. The molecule has 0 aromatic carbocycles. The zero-order chi connectivity index (χ0) is 11.8. The third-order valence-electron chi connectivity index (χ3n) is 4.25. The van der Waals surface area contributed by atoms with Crippen LogP contribution in [0, 0.1) is 11.8 Å². The first-order chi connectivity index (χ1) is 8.28. The van der Waals surface area contributed by atoms with Gasteiger partial charge in [-0.05, 0) is 25.2 Å². The van der Waals surface area contributed by atoms with Crippen molar-refractivity contribution in [2.24, 2.45) is 11.8 Å². The Labute approximate surface area is 102 Å². The van der Waals surface area contributed by atoms with E-state index in [1.54, 1.807) is 7.11 Å². The molecule has 3 heteroatoms. The molecule has 2 aliphatic carbocycles. The van der Waals surface area contributed by atoms with E-state index in [0.29, 0.717) is 17.9 Å². The minimum absolute atomic E-state index is 0.264. The topological polar surface area (TPSA) is 29.5 Å². The molecule has 0 spiro atoms. The zero-order valence-electron chi connectivity index (χ0n) is 10.3. The largest absolute Gasteiger partial charge is 0.381 e. The molecular formula is C14H19NO2. The molecule has 1 saturated carbocycles. The molecule has 17 heavy (non-hydrogen) atoms. The van der Waals surface area contributed by atoms with E-state index in [4.69, 9.17) is 4.74 Å². The summed E-state index contributed by atoms with van der Waals surface area (Å²) in [5, 5.41) is 0. The molecule has 92 valence electrons. The molecule has 0 aromatic rings. The van der Waals surface area contributed by atoms with E-state index in [2.05, 4.69) is 6.08 Å². The molecule has 1 atom stereocenters. The van der Waals surface area contributed by atoms with Gasteiger partial charge in [0.15, 0.2) is 0 Å². The van der Waals surface area contributed by atoms with Crippen LogP contribution in [0.4, 0.5) is 0 Å². The van der Waals surface area contributed by atoms with Crippen LogP contribution < -0.4 is 0 Å². The minimum Gasteiger partial charge on any atom is -0.381 e. The summed E-state index contributed by atoms with van der Waals surface area (Å²) in [6.45, 7) is 1.84. The monoisotopic (exact) mass is 233 g/mol. The standard InChI is InChI=1S/C14H19NO2/c1-17-12-6-10(7-12)8-15-9-11-4-2-3-5-13(11)14(15)16/h2-3,5,10-12H,4,6-9H2,1H3. The fourth-order valence-electron chi connectivity index (χ4n) is 3.11. The second-order valence-corrected chi connectivity index (χ2v) is 5.39. The fourth-order valence-corrected chi connectivity index (χ4v) is 3.11. The molecule has 1 aliphatic heterocycles. The number of hydrogen-bond acceptors (Lipinski definition) is 2. The van der Waals surface area contributed by atoms with Gasteiger partial charge in [0.25, 0.3) is 0 Å². The predicted octanol–water partition coefficient (Wildman–Crippen LogP) is 1.76. The Morgan fingerprint density at radius 3 is 3.00 bits per heavy atom. The van der Waals surface area contributed by atoms with E-state index in [0.717, 1.165) is 37.9 Å². The number of amides is 1. The first-order valence-electron chi connectivity index (χ1n) is 6.46. The number of carbonyl (C=O) groups is 1. The summed E-state index contributed by atoms with van der Waals surface area (Å²) < 4.78 is 5.28. The summed E-state index contributed by atoms with van der Waals surface area (Å²) in [6, 6.07) is 0. The van der Waals surface area contributed by atoms with Crippen LogP contribution in [0.1, 0.15) is 19.3 Å². The van der Waals surface area contributed by atoms with Crippen molar-refractivity contribution in [2.45, 2.75) is 25.4 Å². The lowest BCUT2D eigenvalue weighted by molar-refractivity contribution is -0.126. The normalized spacial score (nSPS) is 35.6. The van der Waals surface area contributed by atoms with Crippen LogP contribution in [0.5, 0.6) is 0 Å². The van der Waals surface area contributed by atoms with Crippen molar-refractivity contribution >= 4 is 5.91 Å². The van der Waals surface area contributed by atoms with Gasteiger partial charge in [0, 0.05) is 31.7 Å². The number of hydrogen-bond donors (Lipinski definition) is 0. The summed E-state index contributed by atoms with van der Waals surface area (Å²) in [4.78, 5) is 14.2. The molecule has 2 fully saturated rings. The van der Waals surface area contributed by atoms with Crippen molar-refractivity contribution < 1.29 is 9.53 Å². The second-order valence-electron chi connectivity index (χ2n) is 5.39. The van der Waals surface area contributed by atoms with Crippen LogP contribution >= 0.6 is 0 Å². The minimum atomic E-state index is 0.264. The Balaban J connectivity index is 1.58. The molecule has 1 heterocycles. The highest BCUT2D eigenvalue weighted by Crippen LogP contribution is 2.35. The van der Waals surface area contributed by atoms with Gasteiger partial charge in [0.1, 0.15) is 0 Å². The van der Waals surface area contributed by atoms with Gasteiger partial charge in [-0.2, -0.15) is 0 Å². The summed E-state index contributed by atoms with van der Waals surface area (Å²) in [5.41, 5.74) is 1.02. The molecular weight excluding hydrogens is 214 g/mol. The number of carbonyl (C=O) groups excluding carboxylic acids is 1. The number of ether oxygens (including phenoxy) is 1. The van der Waals surface area contributed by atoms with E-state index in [1.165, 1.54) is 0 Å². The van der Waals surface area contributed by atoms with E-state index >= 15 is 0 Å². The molecule has 1 unspecified atom stereocenters. The van der Waals surface area contributed by atoms with E-state index in [9.17, 15) is 4.79 Å². The van der Waals surface area contributed by atoms with Gasteiger partial charge in [-0.15, -0.1) is 0 Å². The highest BCUT2D eigenvalue weighted by Gasteiger charge is 2.38. The van der Waals surface area contributed by atoms with Gasteiger partial charge < -0.3 is 9.64 Å². The molecule has 3 nitrogen and oxygen atoms in total. The molecule has 1 amide bonds. The van der Waals surface area contributed by atoms with Gasteiger partial charge >= 0.3 is 0 Å². The highest BCUT2D eigenvalue weighted by molar-refractivity contribution is 5.97. The Hall–Kier alpha value is -1.09. The average molecular weight is 233 g/mol. The van der Waals surface area contributed by atoms with Gasteiger partial charge in [-0.3, -0.25) is 4.79 Å². The first kappa shape index (κ1) is 11.0. The third kappa shape index (κ3) is 1.93. The smallest absolute Gasteiger partial charge is 0.250 e. The number of fused-ring (bicyclic) bond motifs is 1. The van der Waals surface area contributed by atoms with Crippen LogP contribution in [-0.4, -0.2) is 37.1 Å². The molecule has 1 saturated heterocycles. The van der Waals surface area contributed by atoms with Gasteiger partial charge in [-0.1, -0.05) is 18.2 Å². The maximum atomic E-state index is 12.2. The van der Waals surface area contributed by atoms with Gasteiger partial charge in [0.05, 0.1) is 6.10 Å². The number of nitrogens with zero attached hydrogens (tertiary/aromatic N) is 1. The summed E-state index contributed by atoms with van der Waals surface area (Å²) in [5.74, 6) is 1.36. The fraction of sp³-hybridized carbons (Fsp3) is 0.643. The van der Waals surface area contributed by atoms with Crippen LogP contribution in [0.2, 0.25) is 0 Å². The van der Waals surface area contributed by atoms with Crippen molar-refractivity contribution in [3.8, 4) is 0 Å². The summed E-state index contributed by atoms with van der Waals surface area (Å²) in [7, 11) is 1.77. The quantitative estimate of drug-likeness (QED) is 0.743. The van der Waals surface area contributed by atoms with Crippen LogP contribution in [-0.2, 0) is 9.53 Å². The van der Waals surface area contributed by atoms with Crippen LogP contribution in [0.25, 0.3) is 0 Å². The van der Waals surface area contributed by atoms with Gasteiger partial charge in [-0.25, -0.2) is 0 Å². The van der Waals surface area contributed by atoms with Crippen LogP contribution in [0.3, 0.4) is 0 Å². The van der Waals surface area contributed by atoms with E-state index < -0.39 is 0 Å². The second kappa shape index (κ2) is 4.30. The number of allylic oxidation sites excluding steroid dienone is 3. The maximum absolute atomic E-state index is 12.2. The van der Waals surface area contributed by atoms with Crippen molar-refractivity contribution in [1.29, 1.82) is 0 Å². The summed E-state index contributed by atoms with van der Waals surface area (Å²) in [6.07, 6.45) is 9.85. The van der Waals surface area contributed by atoms with Crippen molar-refractivity contribution in [3.05, 3.63) is 23.8 Å². The van der Waals surface area contributed by atoms with Crippen LogP contribution in [0.15, 0.2) is 23.8 Å². The lowest BCUT2D eigenvalue weighted by Crippen LogP contribution is -2.40. The Morgan fingerprint density at radius 1 is 1.47 bits per heavy atom. The molecule has 3 rings (SSSR count). The number of likely N-dealkylation sites (tertiary alicyclic amines) is 1. The maximum Gasteiger partial charge on any atom is 0.250 e. The molecule has 0 aromatic heterocycles.